The highest BCUT2D eigenvalue weighted by Gasteiger charge is 2.26. The van der Waals surface area contributed by atoms with E-state index in [0.29, 0.717) is 21.7 Å². The maximum Gasteiger partial charge on any atom is 0.252 e. The fourth-order valence-electron chi connectivity index (χ4n) is 2.72. The van der Waals surface area contributed by atoms with Crippen LogP contribution in [0.1, 0.15) is 29.8 Å². The SMILES string of the molecule is CC(C)(O)c1ccc(-c2sc(N)c(C(N)=O)c2-c2ccccn2)c(F)c1. The Hall–Kier alpha value is -2.77. The number of thiophene rings is 1. The molecule has 0 aliphatic heterocycles. The van der Waals surface area contributed by atoms with Crippen molar-refractivity contribution in [2.45, 2.75) is 19.4 Å². The van der Waals surface area contributed by atoms with Gasteiger partial charge in [0, 0.05) is 22.2 Å². The zero-order valence-corrected chi connectivity index (χ0v) is 15.1. The van der Waals surface area contributed by atoms with E-state index in [1.807, 2.05) is 0 Å². The minimum absolute atomic E-state index is 0.134. The van der Waals surface area contributed by atoms with Crippen LogP contribution in [-0.2, 0) is 5.60 Å². The molecule has 0 fully saturated rings. The summed E-state index contributed by atoms with van der Waals surface area (Å²) < 4.78 is 14.8. The number of carbonyl (C=O) groups is 1. The number of primary amides is 1. The molecule has 2 aromatic heterocycles. The van der Waals surface area contributed by atoms with Crippen LogP contribution in [-0.4, -0.2) is 16.0 Å². The molecule has 5 N–H and O–H groups in total. The highest BCUT2D eigenvalue weighted by molar-refractivity contribution is 7.20. The van der Waals surface area contributed by atoms with Crippen molar-refractivity contribution in [1.29, 1.82) is 0 Å². The van der Waals surface area contributed by atoms with Gasteiger partial charge < -0.3 is 16.6 Å². The summed E-state index contributed by atoms with van der Waals surface area (Å²) in [5, 5.41) is 10.3. The third kappa shape index (κ3) is 3.18. The van der Waals surface area contributed by atoms with Gasteiger partial charge in [-0.15, -0.1) is 11.3 Å². The van der Waals surface area contributed by atoms with Crippen molar-refractivity contribution in [2.24, 2.45) is 5.73 Å². The molecule has 7 heteroatoms. The summed E-state index contributed by atoms with van der Waals surface area (Å²) in [6.45, 7) is 3.16. The van der Waals surface area contributed by atoms with E-state index >= 15 is 0 Å². The smallest absolute Gasteiger partial charge is 0.252 e. The molecule has 134 valence electrons. The summed E-state index contributed by atoms with van der Waals surface area (Å²) in [6, 6.07) is 9.68. The maximum absolute atomic E-state index is 14.8. The first kappa shape index (κ1) is 18.0. The molecule has 0 saturated carbocycles. The number of nitrogens with two attached hydrogens (primary N) is 2. The molecule has 1 aromatic carbocycles. The minimum Gasteiger partial charge on any atom is -0.390 e. The first-order valence-electron chi connectivity index (χ1n) is 7.86. The van der Waals surface area contributed by atoms with Gasteiger partial charge in [0.1, 0.15) is 5.82 Å². The van der Waals surface area contributed by atoms with Gasteiger partial charge in [0.15, 0.2) is 0 Å². The summed E-state index contributed by atoms with van der Waals surface area (Å²) in [5.41, 5.74) is 12.1. The lowest BCUT2D eigenvalue weighted by molar-refractivity contribution is 0.0782. The summed E-state index contributed by atoms with van der Waals surface area (Å²) in [4.78, 5) is 16.7. The molecule has 1 amide bonds. The normalized spacial score (nSPS) is 11.5. The van der Waals surface area contributed by atoms with Crippen LogP contribution in [0.15, 0.2) is 42.6 Å². The van der Waals surface area contributed by atoms with Crippen molar-refractivity contribution in [3.63, 3.8) is 0 Å². The van der Waals surface area contributed by atoms with Crippen LogP contribution in [0.25, 0.3) is 21.7 Å². The molecule has 0 unspecified atom stereocenters. The summed E-state index contributed by atoms with van der Waals surface area (Å²) in [6.07, 6.45) is 1.57. The van der Waals surface area contributed by atoms with Crippen LogP contribution in [0, 0.1) is 5.82 Å². The number of anilines is 1. The standard InChI is InChI=1S/C19H18FN3O2S/c1-19(2,25)10-6-7-11(12(20)9-10)16-14(13-5-3-4-8-23-13)15(17(21)24)18(22)26-16/h3-9,25H,22H2,1-2H3,(H2,21,24). The van der Waals surface area contributed by atoms with Gasteiger partial charge in [0.2, 0.25) is 0 Å². The first-order chi connectivity index (χ1) is 12.2. The van der Waals surface area contributed by atoms with E-state index in [9.17, 15) is 14.3 Å². The van der Waals surface area contributed by atoms with Crippen molar-refractivity contribution in [3.05, 3.63) is 59.5 Å². The molecule has 3 rings (SSSR count). The second kappa shape index (κ2) is 6.51. The van der Waals surface area contributed by atoms with Crippen LogP contribution >= 0.6 is 11.3 Å². The molecule has 0 saturated heterocycles. The van der Waals surface area contributed by atoms with Gasteiger partial charge in [0.05, 0.1) is 21.9 Å². The lowest BCUT2D eigenvalue weighted by atomic mass is 9.95. The molecule has 0 aliphatic rings. The number of nitrogens with zero attached hydrogens (tertiary/aromatic N) is 1. The van der Waals surface area contributed by atoms with E-state index in [0.717, 1.165) is 11.3 Å². The molecule has 0 aliphatic carbocycles. The van der Waals surface area contributed by atoms with Crippen LogP contribution in [0.5, 0.6) is 0 Å². The summed E-state index contributed by atoms with van der Waals surface area (Å²) in [5.74, 6) is -1.22. The molecular weight excluding hydrogens is 353 g/mol. The molecule has 0 atom stereocenters. The highest BCUT2D eigenvalue weighted by atomic mass is 32.1. The number of hydrogen-bond donors (Lipinski definition) is 3. The van der Waals surface area contributed by atoms with Gasteiger partial charge in [-0.1, -0.05) is 18.2 Å². The molecule has 5 nitrogen and oxygen atoms in total. The average molecular weight is 371 g/mol. The first-order valence-corrected chi connectivity index (χ1v) is 8.68. The summed E-state index contributed by atoms with van der Waals surface area (Å²) in [7, 11) is 0. The Bertz CT molecular complexity index is 978. The van der Waals surface area contributed by atoms with Crippen LogP contribution < -0.4 is 11.5 Å². The number of pyridine rings is 1. The maximum atomic E-state index is 14.8. The minimum atomic E-state index is -1.17. The fourth-order valence-corrected chi connectivity index (χ4v) is 3.83. The number of carbonyl (C=O) groups excluding carboxylic acids is 1. The second-order valence-corrected chi connectivity index (χ2v) is 7.43. The molecule has 0 radical (unpaired) electrons. The number of rotatable bonds is 4. The lowest BCUT2D eigenvalue weighted by Crippen LogP contribution is -2.15. The van der Waals surface area contributed by atoms with Gasteiger partial charge >= 0.3 is 0 Å². The fraction of sp³-hybridized carbons (Fsp3) is 0.158. The van der Waals surface area contributed by atoms with E-state index in [-0.39, 0.29) is 16.1 Å². The van der Waals surface area contributed by atoms with Crippen LogP contribution in [0.3, 0.4) is 0 Å². The van der Waals surface area contributed by atoms with E-state index in [1.54, 1.807) is 50.4 Å². The van der Waals surface area contributed by atoms with Crippen molar-refractivity contribution >= 4 is 22.2 Å². The number of benzene rings is 1. The molecule has 26 heavy (non-hydrogen) atoms. The third-order valence-corrected chi connectivity index (χ3v) is 5.08. The molecule has 3 aromatic rings. The third-order valence-electron chi connectivity index (χ3n) is 4.02. The number of nitrogen functional groups attached to an aromatic ring is 1. The molecule has 0 spiro atoms. The lowest BCUT2D eigenvalue weighted by Gasteiger charge is -2.18. The zero-order valence-electron chi connectivity index (χ0n) is 14.3. The van der Waals surface area contributed by atoms with Gasteiger partial charge in [-0.05, 0) is 37.6 Å². The Labute approximate surface area is 154 Å². The van der Waals surface area contributed by atoms with Gasteiger partial charge in [-0.3, -0.25) is 9.78 Å². The summed E-state index contributed by atoms with van der Waals surface area (Å²) >= 11 is 1.08. The van der Waals surface area contributed by atoms with Gasteiger partial charge in [0.25, 0.3) is 5.91 Å². The largest absolute Gasteiger partial charge is 0.390 e. The molecule has 2 heterocycles. The number of aliphatic hydroxyl groups is 1. The van der Waals surface area contributed by atoms with E-state index < -0.39 is 17.3 Å². The Kier molecular flexibility index (Phi) is 4.52. The predicted octanol–water partition coefficient (Wildman–Crippen LogP) is 3.52. The van der Waals surface area contributed by atoms with Crippen LogP contribution in [0.2, 0.25) is 0 Å². The number of aromatic nitrogens is 1. The number of hydrogen-bond acceptors (Lipinski definition) is 5. The Balaban J connectivity index is 2.27. The molecule has 0 bridgehead atoms. The van der Waals surface area contributed by atoms with Crippen molar-refractivity contribution in [2.75, 3.05) is 5.73 Å². The van der Waals surface area contributed by atoms with E-state index in [4.69, 9.17) is 11.5 Å². The Morgan fingerprint density at radius 3 is 2.54 bits per heavy atom. The highest BCUT2D eigenvalue weighted by Crippen LogP contribution is 2.45. The van der Waals surface area contributed by atoms with Crippen molar-refractivity contribution in [3.8, 4) is 21.7 Å². The topological polar surface area (TPSA) is 102 Å². The van der Waals surface area contributed by atoms with E-state index in [2.05, 4.69) is 4.98 Å². The zero-order chi connectivity index (χ0) is 19.1. The quantitative estimate of drug-likeness (QED) is 0.653. The van der Waals surface area contributed by atoms with Gasteiger partial charge in [-0.2, -0.15) is 0 Å². The van der Waals surface area contributed by atoms with E-state index in [1.165, 1.54) is 6.07 Å². The van der Waals surface area contributed by atoms with Crippen molar-refractivity contribution in [1.82, 2.24) is 4.98 Å². The monoisotopic (exact) mass is 371 g/mol. The number of amides is 1. The van der Waals surface area contributed by atoms with Crippen LogP contribution in [0.4, 0.5) is 9.39 Å². The van der Waals surface area contributed by atoms with Crippen molar-refractivity contribution < 1.29 is 14.3 Å². The van der Waals surface area contributed by atoms with Gasteiger partial charge in [-0.25, -0.2) is 4.39 Å². The average Bonchev–Trinajstić information content (AvgIpc) is 2.92. The Morgan fingerprint density at radius 1 is 1.27 bits per heavy atom. The second-order valence-electron chi connectivity index (χ2n) is 6.38. The number of halogens is 1. The predicted molar refractivity (Wildman–Crippen MR) is 101 cm³/mol. The molecular formula is C19H18FN3O2S. The Morgan fingerprint density at radius 2 is 2.00 bits per heavy atom.